The standard InChI is InChI=1S/C24H30ClN5/c1-19-9-10-20(2)23(17-19)29-15-13-28(14-16-29)11-5-6-12-30-24(18-26-27-30)21-7-3-4-8-22(21)25/h3-4,7-10,17-18H,5-6,11-16H2,1-2H3. The van der Waals surface area contributed by atoms with E-state index < -0.39 is 0 Å². The number of nitrogens with zero attached hydrogens (tertiary/aromatic N) is 5. The predicted molar refractivity (Wildman–Crippen MR) is 124 cm³/mol. The highest BCUT2D eigenvalue weighted by atomic mass is 35.5. The van der Waals surface area contributed by atoms with Crippen LogP contribution in [0.3, 0.4) is 0 Å². The first-order valence-electron chi connectivity index (χ1n) is 10.8. The van der Waals surface area contributed by atoms with Gasteiger partial charge in [0.25, 0.3) is 0 Å². The van der Waals surface area contributed by atoms with Gasteiger partial charge in [0, 0.05) is 44.0 Å². The van der Waals surface area contributed by atoms with Gasteiger partial charge >= 0.3 is 0 Å². The Balaban J connectivity index is 1.24. The molecule has 1 aliphatic heterocycles. The average molecular weight is 424 g/mol. The largest absolute Gasteiger partial charge is 0.369 e. The third-order valence-corrected chi connectivity index (χ3v) is 6.27. The van der Waals surface area contributed by atoms with E-state index in [0.717, 1.165) is 68.4 Å². The van der Waals surface area contributed by atoms with E-state index in [-0.39, 0.29) is 0 Å². The van der Waals surface area contributed by atoms with Gasteiger partial charge in [-0.2, -0.15) is 0 Å². The monoisotopic (exact) mass is 423 g/mol. The summed E-state index contributed by atoms with van der Waals surface area (Å²) < 4.78 is 1.97. The molecule has 30 heavy (non-hydrogen) atoms. The molecule has 2 aromatic carbocycles. The molecule has 3 aromatic rings. The maximum absolute atomic E-state index is 6.35. The van der Waals surface area contributed by atoms with Crippen molar-refractivity contribution >= 4 is 17.3 Å². The summed E-state index contributed by atoms with van der Waals surface area (Å²) in [5, 5.41) is 9.10. The number of aromatic nitrogens is 3. The molecule has 5 nitrogen and oxygen atoms in total. The van der Waals surface area contributed by atoms with Crippen molar-refractivity contribution in [2.45, 2.75) is 33.2 Å². The van der Waals surface area contributed by atoms with E-state index in [2.05, 4.69) is 52.2 Å². The van der Waals surface area contributed by atoms with Crippen LogP contribution in [-0.4, -0.2) is 52.6 Å². The zero-order chi connectivity index (χ0) is 20.9. The van der Waals surface area contributed by atoms with E-state index in [0.29, 0.717) is 0 Å². The summed E-state index contributed by atoms with van der Waals surface area (Å²) in [6.07, 6.45) is 4.04. The Morgan fingerprint density at radius 1 is 0.933 bits per heavy atom. The fraction of sp³-hybridized carbons (Fsp3) is 0.417. The summed E-state index contributed by atoms with van der Waals surface area (Å²) in [5.41, 5.74) is 6.08. The normalized spacial score (nSPS) is 15.0. The number of rotatable bonds is 7. The number of halogens is 1. The van der Waals surface area contributed by atoms with Crippen molar-refractivity contribution in [2.75, 3.05) is 37.6 Å². The van der Waals surface area contributed by atoms with E-state index in [4.69, 9.17) is 11.6 Å². The lowest BCUT2D eigenvalue weighted by Gasteiger charge is -2.37. The molecule has 4 rings (SSSR count). The molecule has 0 N–H and O–H groups in total. The van der Waals surface area contributed by atoms with Gasteiger partial charge < -0.3 is 4.90 Å². The molecule has 0 spiro atoms. The zero-order valence-electron chi connectivity index (χ0n) is 17.9. The number of piperazine rings is 1. The van der Waals surface area contributed by atoms with Crippen LogP contribution in [0.4, 0.5) is 5.69 Å². The van der Waals surface area contributed by atoms with Crippen LogP contribution in [-0.2, 0) is 6.54 Å². The average Bonchev–Trinajstić information content (AvgIpc) is 3.22. The molecule has 1 aliphatic rings. The second kappa shape index (κ2) is 9.63. The Morgan fingerprint density at radius 3 is 2.50 bits per heavy atom. The molecule has 0 bridgehead atoms. The number of hydrogen-bond donors (Lipinski definition) is 0. The molecular weight excluding hydrogens is 394 g/mol. The van der Waals surface area contributed by atoms with Crippen molar-refractivity contribution in [3.8, 4) is 11.3 Å². The lowest BCUT2D eigenvalue weighted by molar-refractivity contribution is 0.250. The Bertz CT molecular complexity index is 975. The third-order valence-electron chi connectivity index (χ3n) is 5.94. The molecule has 2 heterocycles. The van der Waals surface area contributed by atoms with Crippen LogP contribution < -0.4 is 4.90 Å². The number of unbranched alkanes of at least 4 members (excludes halogenated alkanes) is 1. The van der Waals surface area contributed by atoms with Gasteiger partial charge in [-0.3, -0.25) is 4.90 Å². The fourth-order valence-corrected chi connectivity index (χ4v) is 4.40. The maximum Gasteiger partial charge on any atom is 0.0900 e. The molecule has 1 aromatic heterocycles. The first kappa shape index (κ1) is 20.9. The number of benzene rings is 2. The van der Waals surface area contributed by atoms with Crippen molar-refractivity contribution in [3.05, 3.63) is 64.8 Å². The molecule has 158 valence electrons. The lowest BCUT2D eigenvalue weighted by Crippen LogP contribution is -2.46. The Hall–Kier alpha value is -2.37. The van der Waals surface area contributed by atoms with Gasteiger partial charge in [-0.1, -0.05) is 47.1 Å². The minimum absolute atomic E-state index is 0.739. The molecule has 0 amide bonds. The Morgan fingerprint density at radius 2 is 1.70 bits per heavy atom. The summed E-state index contributed by atoms with van der Waals surface area (Å²) in [6, 6.07) is 14.6. The SMILES string of the molecule is Cc1ccc(C)c(N2CCN(CCCCn3nncc3-c3ccccc3Cl)CC2)c1. The molecule has 1 saturated heterocycles. The summed E-state index contributed by atoms with van der Waals surface area (Å²) in [6.45, 7) is 10.8. The van der Waals surface area contributed by atoms with Crippen molar-refractivity contribution in [2.24, 2.45) is 0 Å². The van der Waals surface area contributed by atoms with Gasteiger partial charge in [0.2, 0.25) is 0 Å². The van der Waals surface area contributed by atoms with Crippen LogP contribution in [0.2, 0.25) is 5.02 Å². The molecule has 1 fully saturated rings. The second-order valence-corrected chi connectivity index (χ2v) is 8.56. The third kappa shape index (κ3) is 4.85. The molecule has 0 saturated carbocycles. The molecule has 0 radical (unpaired) electrons. The van der Waals surface area contributed by atoms with Crippen molar-refractivity contribution in [3.63, 3.8) is 0 Å². The highest BCUT2D eigenvalue weighted by molar-refractivity contribution is 6.33. The van der Waals surface area contributed by atoms with Gasteiger partial charge in [-0.25, -0.2) is 4.68 Å². The predicted octanol–water partition coefficient (Wildman–Crippen LogP) is 4.82. The Labute approximate surface area is 184 Å². The fourth-order valence-electron chi connectivity index (χ4n) is 4.17. The number of anilines is 1. The summed E-state index contributed by atoms with van der Waals surface area (Å²) >= 11 is 6.35. The van der Waals surface area contributed by atoms with Crippen LogP contribution in [0.25, 0.3) is 11.3 Å². The number of hydrogen-bond acceptors (Lipinski definition) is 4. The highest BCUT2D eigenvalue weighted by Gasteiger charge is 2.18. The van der Waals surface area contributed by atoms with E-state index in [1.54, 1.807) is 6.20 Å². The zero-order valence-corrected chi connectivity index (χ0v) is 18.6. The molecule has 0 aliphatic carbocycles. The highest BCUT2D eigenvalue weighted by Crippen LogP contribution is 2.27. The van der Waals surface area contributed by atoms with Crippen LogP contribution in [0.15, 0.2) is 48.7 Å². The topological polar surface area (TPSA) is 37.2 Å². The van der Waals surface area contributed by atoms with E-state index in [1.165, 1.54) is 16.8 Å². The first-order chi connectivity index (χ1) is 14.6. The first-order valence-corrected chi connectivity index (χ1v) is 11.2. The van der Waals surface area contributed by atoms with Gasteiger partial charge in [0.05, 0.1) is 16.9 Å². The summed E-state index contributed by atoms with van der Waals surface area (Å²) in [5.74, 6) is 0. The number of aryl methyl sites for hydroxylation is 3. The van der Waals surface area contributed by atoms with Crippen LogP contribution in [0.1, 0.15) is 24.0 Å². The van der Waals surface area contributed by atoms with Crippen molar-refractivity contribution in [1.82, 2.24) is 19.9 Å². The molecule has 0 unspecified atom stereocenters. The minimum Gasteiger partial charge on any atom is -0.369 e. The molecular formula is C24H30ClN5. The maximum atomic E-state index is 6.35. The van der Waals surface area contributed by atoms with Gasteiger partial charge in [-0.15, -0.1) is 5.10 Å². The summed E-state index contributed by atoms with van der Waals surface area (Å²) in [7, 11) is 0. The molecule has 0 atom stereocenters. The summed E-state index contributed by atoms with van der Waals surface area (Å²) in [4.78, 5) is 5.11. The van der Waals surface area contributed by atoms with E-state index in [1.807, 2.05) is 28.9 Å². The van der Waals surface area contributed by atoms with Crippen molar-refractivity contribution in [1.29, 1.82) is 0 Å². The lowest BCUT2D eigenvalue weighted by atomic mass is 10.1. The van der Waals surface area contributed by atoms with Gasteiger partial charge in [0.1, 0.15) is 0 Å². The minimum atomic E-state index is 0.739. The smallest absolute Gasteiger partial charge is 0.0900 e. The van der Waals surface area contributed by atoms with E-state index >= 15 is 0 Å². The van der Waals surface area contributed by atoms with E-state index in [9.17, 15) is 0 Å². The van der Waals surface area contributed by atoms with Crippen LogP contribution >= 0.6 is 11.6 Å². The Kier molecular flexibility index (Phi) is 6.70. The van der Waals surface area contributed by atoms with Crippen LogP contribution in [0.5, 0.6) is 0 Å². The van der Waals surface area contributed by atoms with Gasteiger partial charge in [-0.05, 0) is 56.5 Å². The molecule has 6 heteroatoms. The second-order valence-electron chi connectivity index (χ2n) is 8.15. The van der Waals surface area contributed by atoms with Crippen LogP contribution in [0, 0.1) is 13.8 Å². The quantitative estimate of drug-likeness (QED) is 0.510. The van der Waals surface area contributed by atoms with Gasteiger partial charge in [0.15, 0.2) is 0 Å². The van der Waals surface area contributed by atoms with Crippen molar-refractivity contribution < 1.29 is 0 Å².